The summed E-state index contributed by atoms with van der Waals surface area (Å²) in [5.41, 5.74) is 0.280. The van der Waals surface area contributed by atoms with Crippen LogP contribution < -0.4 is 10.1 Å². The predicted molar refractivity (Wildman–Crippen MR) is 85.6 cm³/mol. The average molecular weight is 329 g/mol. The van der Waals surface area contributed by atoms with Gasteiger partial charge in [-0.1, -0.05) is 23.4 Å². The highest BCUT2D eigenvalue weighted by molar-refractivity contribution is 5.94. The van der Waals surface area contributed by atoms with Crippen LogP contribution in [0.5, 0.6) is 5.75 Å². The molecular formula is C17H19N3O4. The first-order valence-corrected chi connectivity index (χ1v) is 7.81. The van der Waals surface area contributed by atoms with Gasteiger partial charge in [-0.05, 0) is 19.1 Å². The number of carbonyl (C=O) groups is 2. The maximum Gasteiger partial charge on any atom is 0.276 e. The third kappa shape index (κ3) is 3.73. The maximum absolute atomic E-state index is 12.1. The topological polar surface area (TPSA) is 84.7 Å². The van der Waals surface area contributed by atoms with Crippen LogP contribution in [0.4, 0.5) is 0 Å². The standard InChI is InChI=1S/C17H19N3O4/c1-12-9-15(19-24-12)17(22)20-10-13(11-20)16(21)18-7-8-23-14-5-3-2-4-6-14/h2-6,9,13H,7-8,10-11H2,1H3,(H,18,21). The monoisotopic (exact) mass is 329 g/mol. The van der Waals surface area contributed by atoms with Gasteiger partial charge in [-0.15, -0.1) is 0 Å². The second kappa shape index (κ2) is 7.16. The summed E-state index contributed by atoms with van der Waals surface area (Å²) in [5, 5.41) is 6.52. The first-order valence-electron chi connectivity index (χ1n) is 7.81. The number of hydrogen-bond acceptors (Lipinski definition) is 5. The van der Waals surface area contributed by atoms with Gasteiger partial charge < -0.3 is 19.5 Å². The summed E-state index contributed by atoms with van der Waals surface area (Å²) in [6, 6.07) is 11.0. The number of para-hydroxylation sites is 1. The molecule has 3 rings (SSSR count). The Morgan fingerprint density at radius 1 is 1.33 bits per heavy atom. The molecule has 1 fully saturated rings. The van der Waals surface area contributed by atoms with E-state index >= 15 is 0 Å². The van der Waals surface area contributed by atoms with E-state index in [2.05, 4.69) is 10.5 Å². The van der Waals surface area contributed by atoms with Crippen LogP contribution in [0, 0.1) is 12.8 Å². The molecule has 1 aliphatic rings. The molecule has 126 valence electrons. The molecule has 1 aliphatic heterocycles. The molecule has 0 saturated carbocycles. The summed E-state index contributed by atoms with van der Waals surface area (Å²) >= 11 is 0. The van der Waals surface area contributed by atoms with Crippen LogP contribution in [0.15, 0.2) is 40.9 Å². The zero-order chi connectivity index (χ0) is 16.9. The highest BCUT2D eigenvalue weighted by Gasteiger charge is 2.36. The van der Waals surface area contributed by atoms with Crippen molar-refractivity contribution < 1.29 is 18.8 Å². The number of nitrogens with zero attached hydrogens (tertiary/aromatic N) is 2. The molecule has 0 aliphatic carbocycles. The smallest absolute Gasteiger partial charge is 0.276 e. The van der Waals surface area contributed by atoms with Crippen molar-refractivity contribution in [1.29, 1.82) is 0 Å². The molecule has 0 radical (unpaired) electrons. The van der Waals surface area contributed by atoms with Crippen molar-refractivity contribution in [2.75, 3.05) is 26.2 Å². The average Bonchev–Trinajstić information content (AvgIpc) is 2.97. The molecule has 1 N–H and O–H groups in total. The van der Waals surface area contributed by atoms with Crippen LogP contribution in [-0.2, 0) is 4.79 Å². The number of aromatic nitrogens is 1. The van der Waals surface area contributed by atoms with Crippen molar-refractivity contribution >= 4 is 11.8 Å². The van der Waals surface area contributed by atoms with Gasteiger partial charge in [-0.2, -0.15) is 0 Å². The Labute approximate surface area is 139 Å². The third-order valence-corrected chi connectivity index (χ3v) is 3.80. The lowest BCUT2D eigenvalue weighted by Crippen LogP contribution is -2.56. The van der Waals surface area contributed by atoms with E-state index in [1.807, 2.05) is 30.3 Å². The van der Waals surface area contributed by atoms with E-state index in [4.69, 9.17) is 9.26 Å². The molecule has 1 aromatic heterocycles. The number of carbonyl (C=O) groups excluding carboxylic acids is 2. The summed E-state index contributed by atoms with van der Waals surface area (Å²) in [6.07, 6.45) is 0. The lowest BCUT2D eigenvalue weighted by molar-refractivity contribution is -0.129. The Hall–Kier alpha value is -2.83. The molecule has 2 amide bonds. The van der Waals surface area contributed by atoms with Crippen LogP contribution in [0.2, 0.25) is 0 Å². The largest absolute Gasteiger partial charge is 0.492 e. The quantitative estimate of drug-likeness (QED) is 0.806. The molecule has 24 heavy (non-hydrogen) atoms. The normalized spacial score (nSPS) is 14.1. The van der Waals surface area contributed by atoms with Gasteiger partial charge in [0.1, 0.15) is 18.1 Å². The van der Waals surface area contributed by atoms with E-state index in [9.17, 15) is 9.59 Å². The summed E-state index contributed by atoms with van der Waals surface area (Å²) in [5.74, 6) is 0.913. The minimum atomic E-state index is -0.205. The molecule has 0 unspecified atom stereocenters. The van der Waals surface area contributed by atoms with E-state index in [0.29, 0.717) is 32.0 Å². The van der Waals surface area contributed by atoms with Crippen LogP contribution in [0.3, 0.4) is 0 Å². The van der Waals surface area contributed by atoms with Crippen LogP contribution in [0.25, 0.3) is 0 Å². The van der Waals surface area contributed by atoms with Gasteiger partial charge in [0.15, 0.2) is 5.69 Å². The van der Waals surface area contributed by atoms with Gasteiger partial charge >= 0.3 is 0 Å². The van der Waals surface area contributed by atoms with E-state index < -0.39 is 0 Å². The predicted octanol–water partition coefficient (Wildman–Crippen LogP) is 1.25. The minimum Gasteiger partial charge on any atom is -0.492 e. The molecule has 0 bridgehead atoms. The Kier molecular flexibility index (Phi) is 4.79. The van der Waals surface area contributed by atoms with E-state index in [-0.39, 0.29) is 23.4 Å². The van der Waals surface area contributed by atoms with Crippen molar-refractivity contribution in [3.8, 4) is 5.75 Å². The van der Waals surface area contributed by atoms with Crippen molar-refractivity contribution in [3.05, 3.63) is 47.9 Å². The molecule has 1 saturated heterocycles. The van der Waals surface area contributed by atoms with Crippen LogP contribution in [-0.4, -0.2) is 48.1 Å². The van der Waals surface area contributed by atoms with Gasteiger partial charge in [0.25, 0.3) is 5.91 Å². The number of rotatable bonds is 6. The number of hydrogen-bond donors (Lipinski definition) is 1. The fraction of sp³-hybridized carbons (Fsp3) is 0.353. The summed E-state index contributed by atoms with van der Waals surface area (Å²) in [4.78, 5) is 25.7. The lowest BCUT2D eigenvalue weighted by Gasteiger charge is -2.37. The van der Waals surface area contributed by atoms with E-state index in [0.717, 1.165) is 5.75 Å². The van der Waals surface area contributed by atoms with E-state index in [1.165, 1.54) is 0 Å². The molecule has 2 heterocycles. The number of aryl methyl sites for hydroxylation is 1. The molecule has 7 heteroatoms. The summed E-state index contributed by atoms with van der Waals surface area (Å²) < 4.78 is 10.4. The van der Waals surface area contributed by atoms with Crippen molar-refractivity contribution in [1.82, 2.24) is 15.4 Å². The first-order chi connectivity index (χ1) is 11.6. The number of benzene rings is 1. The van der Waals surface area contributed by atoms with Crippen molar-refractivity contribution in [3.63, 3.8) is 0 Å². The van der Waals surface area contributed by atoms with Crippen LogP contribution >= 0.6 is 0 Å². The van der Waals surface area contributed by atoms with Gasteiger partial charge in [0, 0.05) is 19.2 Å². The summed E-state index contributed by atoms with van der Waals surface area (Å²) in [6.45, 7) is 3.36. The Morgan fingerprint density at radius 3 is 2.75 bits per heavy atom. The number of nitrogens with one attached hydrogen (secondary N) is 1. The SMILES string of the molecule is Cc1cc(C(=O)N2CC(C(=O)NCCOc3ccccc3)C2)no1. The zero-order valence-corrected chi connectivity index (χ0v) is 13.4. The van der Waals surface area contributed by atoms with Gasteiger partial charge in [-0.3, -0.25) is 9.59 Å². The first kappa shape index (κ1) is 16.0. The number of likely N-dealkylation sites (tertiary alicyclic amines) is 1. The molecule has 0 atom stereocenters. The molecule has 2 aromatic rings. The molecule has 1 aromatic carbocycles. The van der Waals surface area contributed by atoms with Crippen molar-refractivity contribution in [2.24, 2.45) is 5.92 Å². The molecule has 7 nitrogen and oxygen atoms in total. The molecule has 0 spiro atoms. The van der Waals surface area contributed by atoms with Gasteiger partial charge in [0.2, 0.25) is 5.91 Å². The third-order valence-electron chi connectivity index (χ3n) is 3.80. The lowest BCUT2D eigenvalue weighted by atomic mass is 9.98. The number of ether oxygens (including phenoxy) is 1. The maximum atomic E-state index is 12.1. The van der Waals surface area contributed by atoms with Gasteiger partial charge in [0.05, 0.1) is 12.5 Å². The Morgan fingerprint density at radius 2 is 2.08 bits per heavy atom. The molecular weight excluding hydrogens is 310 g/mol. The fourth-order valence-corrected chi connectivity index (χ4v) is 2.44. The fourth-order valence-electron chi connectivity index (χ4n) is 2.44. The minimum absolute atomic E-state index is 0.0629. The highest BCUT2D eigenvalue weighted by Crippen LogP contribution is 2.18. The Bertz CT molecular complexity index is 708. The van der Waals surface area contributed by atoms with E-state index in [1.54, 1.807) is 17.9 Å². The van der Waals surface area contributed by atoms with Crippen LogP contribution in [0.1, 0.15) is 16.2 Å². The zero-order valence-electron chi connectivity index (χ0n) is 13.4. The summed E-state index contributed by atoms with van der Waals surface area (Å²) in [7, 11) is 0. The Balaban J connectivity index is 1.35. The highest BCUT2D eigenvalue weighted by atomic mass is 16.5. The second-order valence-corrected chi connectivity index (χ2v) is 5.68. The van der Waals surface area contributed by atoms with Gasteiger partial charge in [-0.25, -0.2) is 0 Å². The second-order valence-electron chi connectivity index (χ2n) is 5.68. The van der Waals surface area contributed by atoms with Crippen molar-refractivity contribution in [2.45, 2.75) is 6.92 Å². The number of amides is 2.